The topological polar surface area (TPSA) is 76.9 Å². The van der Waals surface area contributed by atoms with Crippen LogP contribution in [0.25, 0.3) is 5.69 Å². The minimum absolute atomic E-state index is 0.0000319. The van der Waals surface area contributed by atoms with E-state index >= 15 is 0 Å². The van der Waals surface area contributed by atoms with Gasteiger partial charge in [-0.25, -0.2) is 0 Å². The molecule has 5 rings (SSSR count). The van der Waals surface area contributed by atoms with E-state index in [-0.39, 0.29) is 17.4 Å². The number of ketones is 1. The van der Waals surface area contributed by atoms with Crippen LogP contribution in [-0.4, -0.2) is 32.2 Å². The van der Waals surface area contributed by atoms with E-state index in [0.29, 0.717) is 35.0 Å². The molecule has 34 heavy (non-hydrogen) atoms. The molecule has 0 radical (unpaired) electrons. The summed E-state index contributed by atoms with van der Waals surface area (Å²) in [5.41, 5.74) is 4.42. The van der Waals surface area contributed by atoms with Crippen molar-refractivity contribution < 1.29 is 9.59 Å². The molecule has 3 aromatic carbocycles. The molecule has 170 valence electrons. The van der Waals surface area contributed by atoms with E-state index in [0.717, 1.165) is 28.3 Å². The molecule has 1 aliphatic heterocycles. The van der Waals surface area contributed by atoms with Crippen molar-refractivity contribution >= 4 is 40.7 Å². The molecule has 1 aromatic heterocycles. The van der Waals surface area contributed by atoms with Crippen molar-refractivity contribution in [3.05, 3.63) is 100 Å². The number of fused-ring (bicyclic) bond motifs is 1. The quantitative estimate of drug-likeness (QED) is 0.279. The van der Waals surface area contributed by atoms with Gasteiger partial charge in [-0.1, -0.05) is 53.7 Å². The lowest BCUT2D eigenvalue weighted by atomic mass is 9.99. The summed E-state index contributed by atoms with van der Waals surface area (Å²) in [6, 6.07) is 23.0. The number of hydrogen-bond donors (Lipinski definition) is 1. The molecule has 0 saturated carbocycles. The highest BCUT2D eigenvalue weighted by Crippen LogP contribution is 2.27. The summed E-state index contributed by atoms with van der Waals surface area (Å²) in [4.78, 5) is 24.6. The van der Waals surface area contributed by atoms with E-state index in [1.165, 1.54) is 11.8 Å². The molecule has 0 atom stereocenters. The Labute approximate surface area is 206 Å². The monoisotopic (exact) mass is 488 g/mol. The Morgan fingerprint density at radius 3 is 2.59 bits per heavy atom. The van der Waals surface area contributed by atoms with Gasteiger partial charge in [0.15, 0.2) is 10.9 Å². The molecule has 0 saturated heterocycles. The van der Waals surface area contributed by atoms with E-state index in [2.05, 4.69) is 27.6 Å². The Hall–Kier alpha value is -3.42. The highest BCUT2D eigenvalue weighted by Gasteiger charge is 2.19. The first kappa shape index (κ1) is 22.4. The van der Waals surface area contributed by atoms with Crippen LogP contribution in [0.15, 0.2) is 78.0 Å². The SMILES string of the molecule is O=C1CCc2cc(C(=O)CSc3nnc(Cc4ccccc4)n3-c3ccc(Cl)cc3)ccc2N1. The smallest absolute Gasteiger partial charge is 0.224 e. The Morgan fingerprint density at radius 1 is 1.00 bits per heavy atom. The summed E-state index contributed by atoms with van der Waals surface area (Å²) >= 11 is 7.45. The number of carbonyl (C=O) groups excluding carboxylic acids is 2. The van der Waals surface area contributed by atoms with Gasteiger partial charge in [0.25, 0.3) is 0 Å². The van der Waals surface area contributed by atoms with E-state index < -0.39 is 0 Å². The molecule has 0 spiro atoms. The van der Waals surface area contributed by atoms with Crippen molar-refractivity contribution in [1.29, 1.82) is 0 Å². The summed E-state index contributed by atoms with van der Waals surface area (Å²) in [5.74, 6) is 1.02. The number of aromatic nitrogens is 3. The number of nitrogens with zero attached hydrogens (tertiary/aromatic N) is 3. The fourth-order valence-corrected chi connectivity index (χ4v) is 4.90. The second-order valence-electron chi connectivity index (χ2n) is 8.00. The average Bonchev–Trinajstić information content (AvgIpc) is 3.25. The maximum atomic E-state index is 13.0. The number of anilines is 1. The minimum Gasteiger partial charge on any atom is -0.326 e. The summed E-state index contributed by atoms with van der Waals surface area (Å²) < 4.78 is 1.98. The maximum absolute atomic E-state index is 13.0. The summed E-state index contributed by atoms with van der Waals surface area (Å²) in [6.07, 6.45) is 1.69. The van der Waals surface area contributed by atoms with Gasteiger partial charge in [0.1, 0.15) is 5.82 Å². The van der Waals surface area contributed by atoms with E-state index in [1.807, 2.05) is 53.1 Å². The molecule has 6 nitrogen and oxygen atoms in total. The van der Waals surface area contributed by atoms with Crippen LogP contribution in [0.5, 0.6) is 0 Å². The van der Waals surface area contributed by atoms with Crippen LogP contribution in [0.4, 0.5) is 5.69 Å². The van der Waals surface area contributed by atoms with E-state index in [1.54, 1.807) is 12.1 Å². The van der Waals surface area contributed by atoms with Crippen LogP contribution in [0.1, 0.15) is 33.7 Å². The number of thioether (sulfide) groups is 1. The molecule has 4 aromatic rings. The van der Waals surface area contributed by atoms with Gasteiger partial charge in [-0.2, -0.15) is 0 Å². The third kappa shape index (κ3) is 4.90. The molecule has 8 heteroatoms. The van der Waals surface area contributed by atoms with Crippen molar-refractivity contribution in [2.24, 2.45) is 0 Å². The fourth-order valence-electron chi connectivity index (χ4n) is 3.91. The maximum Gasteiger partial charge on any atom is 0.224 e. The Balaban J connectivity index is 1.38. The van der Waals surface area contributed by atoms with Gasteiger partial charge in [0.05, 0.1) is 5.75 Å². The van der Waals surface area contributed by atoms with Crippen molar-refractivity contribution in [2.45, 2.75) is 24.4 Å². The van der Waals surface area contributed by atoms with Gasteiger partial charge in [-0.05, 0) is 60.0 Å². The molecule has 1 N–H and O–H groups in total. The first-order valence-electron chi connectivity index (χ1n) is 10.9. The largest absolute Gasteiger partial charge is 0.326 e. The first-order chi connectivity index (χ1) is 16.6. The lowest BCUT2D eigenvalue weighted by Crippen LogP contribution is -2.19. The van der Waals surface area contributed by atoms with E-state index in [4.69, 9.17) is 11.6 Å². The Kier molecular flexibility index (Phi) is 6.47. The van der Waals surface area contributed by atoms with Gasteiger partial charge in [0.2, 0.25) is 5.91 Å². The number of halogens is 1. The van der Waals surface area contributed by atoms with Gasteiger partial charge in [-0.15, -0.1) is 10.2 Å². The molecule has 0 aliphatic carbocycles. The van der Waals surface area contributed by atoms with Gasteiger partial charge < -0.3 is 5.32 Å². The molecule has 2 heterocycles. The second kappa shape index (κ2) is 9.83. The Morgan fingerprint density at radius 2 is 1.79 bits per heavy atom. The fraction of sp³-hybridized carbons (Fsp3) is 0.154. The normalized spacial score (nSPS) is 12.8. The van der Waals surface area contributed by atoms with Crippen LogP contribution < -0.4 is 5.32 Å². The van der Waals surface area contributed by atoms with Gasteiger partial charge in [0, 0.05) is 34.8 Å². The third-order valence-electron chi connectivity index (χ3n) is 5.65. The van der Waals surface area contributed by atoms with Crippen LogP contribution in [0, 0.1) is 0 Å². The number of rotatable bonds is 7. The number of hydrogen-bond acceptors (Lipinski definition) is 5. The molecule has 1 aliphatic rings. The van der Waals surface area contributed by atoms with Gasteiger partial charge >= 0.3 is 0 Å². The van der Waals surface area contributed by atoms with Crippen molar-refractivity contribution in [1.82, 2.24) is 14.8 Å². The summed E-state index contributed by atoms with van der Waals surface area (Å²) in [5, 5.41) is 13.0. The standard InChI is InChI=1S/C26H21ClN4O2S/c27-20-8-10-21(11-9-20)31-24(14-17-4-2-1-3-5-17)29-30-26(31)34-16-23(32)19-6-12-22-18(15-19)7-13-25(33)28-22/h1-6,8-12,15H,7,13-14,16H2,(H,28,33). The van der Waals surface area contributed by atoms with Crippen molar-refractivity contribution in [3.8, 4) is 5.69 Å². The molecular weight excluding hydrogens is 468 g/mol. The van der Waals surface area contributed by atoms with Crippen LogP contribution in [0.3, 0.4) is 0 Å². The van der Waals surface area contributed by atoms with Crippen LogP contribution in [-0.2, 0) is 17.6 Å². The van der Waals surface area contributed by atoms with Crippen LogP contribution in [0.2, 0.25) is 5.02 Å². The minimum atomic E-state index is -0.0000319. The molecular formula is C26H21ClN4O2S. The van der Waals surface area contributed by atoms with Crippen molar-refractivity contribution in [2.75, 3.05) is 11.1 Å². The molecule has 1 amide bonds. The zero-order valence-corrected chi connectivity index (χ0v) is 19.8. The highest BCUT2D eigenvalue weighted by molar-refractivity contribution is 7.99. The molecule has 0 fully saturated rings. The number of amides is 1. The lowest BCUT2D eigenvalue weighted by Gasteiger charge is -2.17. The zero-order valence-electron chi connectivity index (χ0n) is 18.2. The second-order valence-corrected chi connectivity index (χ2v) is 9.38. The Bertz CT molecular complexity index is 1350. The lowest BCUT2D eigenvalue weighted by molar-refractivity contribution is -0.116. The first-order valence-corrected chi connectivity index (χ1v) is 12.3. The van der Waals surface area contributed by atoms with E-state index in [9.17, 15) is 9.59 Å². The third-order valence-corrected chi connectivity index (χ3v) is 6.83. The molecule has 0 bridgehead atoms. The zero-order chi connectivity index (χ0) is 23.5. The average molecular weight is 489 g/mol. The number of benzene rings is 3. The van der Waals surface area contributed by atoms with Gasteiger partial charge in [-0.3, -0.25) is 14.2 Å². The van der Waals surface area contributed by atoms with Crippen LogP contribution >= 0.6 is 23.4 Å². The summed E-state index contributed by atoms with van der Waals surface area (Å²) in [7, 11) is 0. The number of aryl methyl sites for hydroxylation is 1. The number of nitrogens with one attached hydrogen (secondary N) is 1. The number of Topliss-reactive ketones (excluding diaryl/α,β-unsaturated/α-hetero) is 1. The predicted molar refractivity (Wildman–Crippen MR) is 134 cm³/mol. The van der Waals surface area contributed by atoms with Crippen molar-refractivity contribution in [3.63, 3.8) is 0 Å². The highest BCUT2D eigenvalue weighted by atomic mass is 35.5. The molecule has 0 unspecified atom stereocenters. The predicted octanol–water partition coefficient (Wildman–Crippen LogP) is 5.37. The number of carbonyl (C=O) groups is 2. The summed E-state index contributed by atoms with van der Waals surface area (Å²) in [6.45, 7) is 0.